The van der Waals surface area contributed by atoms with Crippen molar-refractivity contribution in [2.45, 2.75) is 50.4 Å². The number of carbonyl (C=O) groups is 1. The molecule has 15 heteroatoms. The molecular weight excluding hydrogens is 598 g/mol. The van der Waals surface area contributed by atoms with Gasteiger partial charge in [0.2, 0.25) is 0 Å². The second-order valence-electron chi connectivity index (χ2n) is 9.63. The topological polar surface area (TPSA) is 66.9 Å². The number of hydrogen-bond acceptors (Lipinski definition) is 4. The lowest BCUT2D eigenvalue weighted by Gasteiger charge is -2.31. The molecule has 1 saturated carbocycles. The Morgan fingerprint density at radius 2 is 1.61 bits per heavy atom. The molecule has 0 aliphatic heterocycles. The smallest absolute Gasteiger partial charge is 0.356 e. The van der Waals surface area contributed by atoms with Crippen LogP contribution in [0.3, 0.4) is 0 Å². The minimum absolute atomic E-state index is 0.0151. The van der Waals surface area contributed by atoms with Gasteiger partial charge in [0.25, 0.3) is 0 Å². The summed E-state index contributed by atoms with van der Waals surface area (Å²) in [6.45, 7) is 0.761. The zero-order valence-corrected chi connectivity index (χ0v) is 21.2. The highest BCUT2D eigenvalue weighted by atomic mass is 35.5. The van der Waals surface area contributed by atoms with Crippen molar-refractivity contribution in [1.29, 1.82) is 5.26 Å². The largest absolute Gasteiger partial charge is 0.435 e. The van der Waals surface area contributed by atoms with Gasteiger partial charge in [-0.05, 0) is 49.6 Å². The lowest BCUT2D eigenvalue weighted by atomic mass is 9.87. The summed E-state index contributed by atoms with van der Waals surface area (Å²) in [5, 5.41) is 12.7. The van der Waals surface area contributed by atoms with Gasteiger partial charge in [0.05, 0.1) is 22.1 Å². The number of aromatic nitrogens is 1. The number of carbonyl (C=O) groups excluding carboxylic acids is 1. The number of Topliss-reactive ketones (excluding diaryl/α,β-unsaturated/α-hetero) is 1. The van der Waals surface area contributed by atoms with E-state index < -0.39 is 69.4 Å². The lowest BCUT2D eigenvalue weighted by Crippen LogP contribution is -2.50. The maximum Gasteiger partial charge on any atom is 0.435 e. The van der Waals surface area contributed by atoms with Crippen LogP contribution in [-0.4, -0.2) is 23.3 Å². The molecule has 0 bridgehead atoms. The van der Waals surface area contributed by atoms with Gasteiger partial charge in [-0.15, -0.1) is 0 Å². The quantitative estimate of drug-likeness (QED) is 0.206. The zero-order chi connectivity index (χ0) is 30.8. The molecule has 0 atom stereocenters. The molecule has 0 amide bonds. The third-order valence-corrected chi connectivity index (χ3v) is 7.06. The molecule has 1 aliphatic carbocycles. The van der Waals surface area contributed by atoms with E-state index in [1.807, 2.05) is 0 Å². The van der Waals surface area contributed by atoms with Crippen LogP contribution in [0.1, 0.15) is 46.3 Å². The van der Waals surface area contributed by atoms with Crippen molar-refractivity contribution in [2.24, 2.45) is 5.41 Å². The number of benzene rings is 2. The standard InChI is InChI=1S/C26H15ClF10N2O2/c1-12-6-14(23(28,25(32,33)34)26(35,36)37)8-16(24(29,30)31)21(12)18-9-20(41-39-18)13-2-3-17(27)15(7-13)19(40)10-22(11-38)4-5-22/h2-3,6-9H,4-5,10H2,1H3. The van der Waals surface area contributed by atoms with Crippen molar-refractivity contribution in [1.82, 2.24) is 5.16 Å². The lowest BCUT2D eigenvalue weighted by molar-refractivity contribution is -0.348. The van der Waals surface area contributed by atoms with Crippen LogP contribution >= 0.6 is 11.6 Å². The molecule has 1 fully saturated rings. The Morgan fingerprint density at radius 3 is 2.12 bits per heavy atom. The van der Waals surface area contributed by atoms with Gasteiger partial charge in [0.1, 0.15) is 5.69 Å². The maximum absolute atomic E-state index is 14.6. The molecule has 4 nitrogen and oxygen atoms in total. The summed E-state index contributed by atoms with van der Waals surface area (Å²) < 4.78 is 141. The number of rotatable bonds is 6. The summed E-state index contributed by atoms with van der Waals surface area (Å²) in [6, 6.07) is 6.29. The molecule has 4 rings (SSSR count). The van der Waals surface area contributed by atoms with Crippen molar-refractivity contribution in [2.75, 3.05) is 0 Å². The van der Waals surface area contributed by atoms with E-state index in [9.17, 15) is 54.0 Å². The first-order chi connectivity index (χ1) is 18.7. The van der Waals surface area contributed by atoms with Crippen molar-refractivity contribution in [3.63, 3.8) is 0 Å². The van der Waals surface area contributed by atoms with Crippen molar-refractivity contribution in [3.8, 4) is 28.7 Å². The summed E-state index contributed by atoms with van der Waals surface area (Å²) in [5.74, 6) is -0.709. The second kappa shape index (κ2) is 9.75. The monoisotopic (exact) mass is 612 g/mol. The third kappa shape index (κ3) is 5.39. The molecule has 0 saturated heterocycles. The summed E-state index contributed by atoms with van der Waals surface area (Å²) >= 11 is 6.11. The second-order valence-corrected chi connectivity index (χ2v) is 10.0. The Morgan fingerprint density at radius 1 is 1.00 bits per heavy atom. The molecule has 41 heavy (non-hydrogen) atoms. The molecule has 1 aromatic heterocycles. The van der Waals surface area contributed by atoms with Crippen LogP contribution in [-0.2, 0) is 11.8 Å². The number of hydrogen-bond donors (Lipinski definition) is 0. The van der Waals surface area contributed by atoms with Gasteiger partial charge in [0, 0.05) is 34.7 Å². The minimum Gasteiger partial charge on any atom is -0.356 e. The predicted molar refractivity (Wildman–Crippen MR) is 123 cm³/mol. The van der Waals surface area contributed by atoms with E-state index in [-0.39, 0.29) is 34.4 Å². The number of halogens is 11. The fourth-order valence-corrected chi connectivity index (χ4v) is 4.56. The summed E-state index contributed by atoms with van der Waals surface area (Å²) in [5.41, 5.74) is -13.5. The average molecular weight is 613 g/mol. The molecule has 0 spiro atoms. The minimum atomic E-state index is -6.63. The van der Waals surface area contributed by atoms with Crippen LogP contribution in [0.15, 0.2) is 40.9 Å². The normalized spacial score (nSPS) is 15.5. The third-order valence-electron chi connectivity index (χ3n) is 6.73. The number of nitrogens with zero attached hydrogens (tertiary/aromatic N) is 2. The van der Waals surface area contributed by atoms with Gasteiger partial charge in [-0.3, -0.25) is 4.79 Å². The van der Waals surface area contributed by atoms with E-state index in [1.165, 1.54) is 18.2 Å². The zero-order valence-electron chi connectivity index (χ0n) is 20.5. The van der Waals surface area contributed by atoms with E-state index in [0.717, 1.165) is 13.0 Å². The number of nitriles is 1. The van der Waals surface area contributed by atoms with E-state index in [4.69, 9.17) is 16.1 Å². The van der Waals surface area contributed by atoms with Crippen LogP contribution in [0.25, 0.3) is 22.6 Å². The van der Waals surface area contributed by atoms with E-state index in [1.54, 1.807) is 0 Å². The predicted octanol–water partition coefficient (Wildman–Crippen LogP) is 9.16. The maximum atomic E-state index is 14.6. The molecule has 218 valence electrons. The molecule has 2 aromatic carbocycles. The Labute approximate surface area is 229 Å². The van der Waals surface area contributed by atoms with Gasteiger partial charge in [-0.2, -0.15) is 44.8 Å². The van der Waals surface area contributed by atoms with Crippen LogP contribution in [0, 0.1) is 23.7 Å². The molecule has 1 heterocycles. The first-order valence-corrected chi connectivity index (χ1v) is 11.9. The molecular formula is C26H15ClF10N2O2. The Bertz CT molecular complexity index is 1550. The van der Waals surface area contributed by atoms with Gasteiger partial charge in [-0.1, -0.05) is 22.8 Å². The summed E-state index contributed by atoms with van der Waals surface area (Å²) in [6.07, 6.45) is -17.9. The van der Waals surface area contributed by atoms with E-state index >= 15 is 0 Å². The Hall–Kier alpha value is -3.60. The number of aryl methyl sites for hydroxylation is 1. The van der Waals surface area contributed by atoms with Gasteiger partial charge in [0.15, 0.2) is 11.5 Å². The highest BCUT2D eigenvalue weighted by Crippen LogP contribution is 2.55. The highest BCUT2D eigenvalue weighted by Gasteiger charge is 2.73. The first-order valence-electron chi connectivity index (χ1n) is 11.5. The van der Waals surface area contributed by atoms with Crippen LogP contribution < -0.4 is 0 Å². The van der Waals surface area contributed by atoms with Crippen LogP contribution in [0.2, 0.25) is 5.02 Å². The molecule has 0 radical (unpaired) electrons. The molecule has 1 aliphatic rings. The van der Waals surface area contributed by atoms with Crippen LogP contribution in [0.4, 0.5) is 43.9 Å². The SMILES string of the molecule is Cc1cc(C(F)(C(F)(F)F)C(F)(F)F)cc(C(F)(F)F)c1-c1cc(-c2ccc(Cl)c(C(=O)CC3(C#N)CC3)c2)on1. The van der Waals surface area contributed by atoms with Crippen molar-refractivity contribution < 1.29 is 53.2 Å². The van der Waals surface area contributed by atoms with Crippen molar-refractivity contribution in [3.05, 3.63) is 63.7 Å². The number of ketones is 1. The summed E-state index contributed by atoms with van der Waals surface area (Å²) in [7, 11) is 0. The highest BCUT2D eigenvalue weighted by molar-refractivity contribution is 6.34. The van der Waals surface area contributed by atoms with Gasteiger partial charge < -0.3 is 4.52 Å². The molecule has 0 unspecified atom stereocenters. The van der Waals surface area contributed by atoms with Crippen LogP contribution in [0.5, 0.6) is 0 Å². The fourth-order valence-electron chi connectivity index (χ4n) is 4.34. The molecule has 0 N–H and O–H groups in total. The van der Waals surface area contributed by atoms with Gasteiger partial charge >= 0.3 is 24.2 Å². The van der Waals surface area contributed by atoms with Gasteiger partial charge in [-0.25, -0.2) is 4.39 Å². The fraction of sp³-hybridized carbons (Fsp3) is 0.346. The first kappa shape index (κ1) is 30.4. The average Bonchev–Trinajstić information content (AvgIpc) is 3.45. The molecule has 3 aromatic rings. The van der Waals surface area contributed by atoms with E-state index in [2.05, 4.69) is 11.2 Å². The van der Waals surface area contributed by atoms with Crippen molar-refractivity contribution >= 4 is 17.4 Å². The Balaban J connectivity index is 1.80. The number of alkyl halides is 10. The van der Waals surface area contributed by atoms with E-state index in [0.29, 0.717) is 12.8 Å². The summed E-state index contributed by atoms with van der Waals surface area (Å²) in [4.78, 5) is 12.7. The Kier molecular flexibility index (Phi) is 7.22.